The number of carbonyl (C=O) groups excluding carboxylic acids is 1. The van der Waals surface area contributed by atoms with Gasteiger partial charge in [0.15, 0.2) is 0 Å². The summed E-state index contributed by atoms with van der Waals surface area (Å²) in [5.41, 5.74) is 1.23. The lowest BCUT2D eigenvalue weighted by atomic mass is 9.96. The maximum Gasteiger partial charge on any atom is 0.253 e. The van der Waals surface area contributed by atoms with Gasteiger partial charge in [0.1, 0.15) is 0 Å². The number of carbonyl (C=O) groups is 1. The number of aryl methyl sites for hydroxylation is 1. The molecule has 128 valence electrons. The molecular weight excluding hydrogens is 306 g/mol. The Morgan fingerprint density at radius 1 is 1.35 bits per heavy atom. The average molecular weight is 336 g/mol. The third kappa shape index (κ3) is 5.85. The predicted octanol–water partition coefficient (Wildman–Crippen LogP) is 3.61. The van der Waals surface area contributed by atoms with Crippen LogP contribution in [0.4, 0.5) is 0 Å². The van der Waals surface area contributed by atoms with Crippen molar-refractivity contribution in [2.45, 2.75) is 45.1 Å². The van der Waals surface area contributed by atoms with Gasteiger partial charge < -0.3 is 10.0 Å². The van der Waals surface area contributed by atoms with Crippen LogP contribution in [0.2, 0.25) is 0 Å². The van der Waals surface area contributed by atoms with Crippen LogP contribution < -0.4 is 0 Å². The van der Waals surface area contributed by atoms with Gasteiger partial charge in [-0.05, 0) is 75.2 Å². The smallest absolute Gasteiger partial charge is 0.253 e. The van der Waals surface area contributed by atoms with Crippen LogP contribution in [0.25, 0.3) is 0 Å². The molecule has 1 amide bonds. The van der Waals surface area contributed by atoms with Crippen molar-refractivity contribution in [1.29, 1.82) is 0 Å². The highest BCUT2D eigenvalue weighted by molar-refractivity contribution is 7.98. The summed E-state index contributed by atoms with van der Waals surface area (Å²) in [5.74, 6) is 2.11. The Kier molecular flexibility index (Phi) is 6.54. The minimum atomic E-state index is -0.667. The van der Waals surface area contributed by atoms with Gasteiger partial charge in [-0.2, -0.15) is 11.8 Å². The molecular formula is C19H29NO2S. The molecule has 0 atom stereocenters. The van der Waals surface area contributed by atoms with Gasteiger partial charge in [-0.15, -0.1) is 0 Å². The van der Waals surface area contributed by atoms with Crippen molar-refractivity contribution >= 4 is 17.7 Å². The molecule has 2 rings (SSSR count). The fourth-order valence-electron chi connectivity index (χ4n) is 3.03. The zero-order valence-corrected chi connectivity index (χ0v) is 15.4. The molecule has 1 saturated heterocycles. The van der Waals surface area contributed by atoms with E-state index in [-0.39, 0.29) is 5.91 Å². The molecule has 23 heavy (non-hydrogen) atoms. The molecule has 1 N–H and O–H groups in total. The molecule has 1 fully saturated rings. The summed E-state index contributed by atoms with van der Waals surface area (Å²) in [6, 6.07) is 7.88. The first-order valence-electron chi connectivity index (χ1n) is 8.48. The van der Waals surface area contributed by atoms with Crippen LogP contribution in [-0.4, -0.2) is 46.6 Å². The number of hydrogen-bond acceptors (Lipinski definition) is 3. The standard InChI is InChI=1S/C19H29NO2S/c1-19(2,22)10-7-15-5-4-6-17(13-15)18(21)20-11-8-16(9-12-20)14-23-3/h4-6,13,16,22H,7-12,14H2,1-3H3. The lowest BCUT2D eigenvalue weighted by molar-refractivity contribution is 0.0698. The summed E-state index contributed by atoms with van der Waals surface area (Å²) in [7, 11) is 0. The molecule has 1 aromatic carbocycles. The Morgan fingerprint density at radius 3 is 2.65 bits per heavy atom. The van der Waals surface area contributed by atoms with Crippen molar-refractivity contribution in [1.82, 2.24) is 4.90 Å². The van der Waals surface area contributed by atoms with E-state index in [9.17, 15) is 9.90 Å². The molecule has 0 unspecified atom stereocenters. The van der Waals surface area contributed by atoms with E-state index in [4.69, 9.17) is 0 Å². The number of likely N-dealkylation sites (tertiary alicyclic amines) is 1. The third-order valence-corrected chi connectivity index (χ3v) is 5.31. The largest absolute Gasteiger partial charge is 0.390 e. The second-order valence-electron chi connectivity index (χ2n) is 7.20. The van der Waals surface area contributed by atoms with Gasteiger partial charge in [-0.25, -0.2) is 0 Å². The molecule has 0 aromatic heterocycles. The fourth-order valence-corrected chi connectivity index (χ4v) is 3.84. The van der Waals surface area contributed by atoms with E-state index in [1.807, 2.05) is 54.8 Å². The lowest BCUT2D eigenvalue weighted by Gasteiger charge is -2.32. The third-order valence-electron chi connectivity index (χ3n) is 4.50. The van der Waals surface area contributed by atoms with E-state index in [1.165, 1.54) is 5.75 Å². The Labute approximate surface area is 144 Å². The number of aliphatic hydroxyl groups is 1. The van der Waals surface area contributed by atoms with Gasteiger partial charge in [-0.1, -0.05) is 12.1 Å². The second kappa shape index (κ2) is 8.20. The van der Waals surface area contributed by atoms with Crippen molar-refractivity contribution in [3.63, 3.8) is 0 Å². The first kappa shape index (κ1) is 18.3. The van der Waals surface area contributed by atoms with Crippen LogP contribution in [0.3, 0.4) is 0 Å². The number of thioether (sulfide) groups is 1. The van der Waals surface area contributed by atoms with Crippen LogP contribution in [0.15, 0.2) is 24.3 Å². The topological polar surface area (TPSA) is 40.5 Å². The summed E-state index contributed by atoms with van der Waals surface area (Å²) >= 11 is 1.90. The van der Waals surface area contributed by atoms with E-state index >= 15 is 0 Å². The van der Waals surface area contributed by atoms with Gasteiger partial charge in [-0.3, -0.25) is 4.79 Å². The van der Waals surface area contributed by atoms with Crippen molar-refractivity contribution in [2.75, 3.05) is 25.1 Å². The van der Waals surface area contributed by atoms with Crippen LogP contribution >= 0.6 is 11.8 Å². The Balaban J connectivity index is 1.95. The molecule has 1 heterocycles. The quantitative estimate of drug-likeness (QED) is 0.863. The maximum atomic E-state index is 12.7. The molecule has 1 aromatic rings. The molecule has 3 nitrogen and oxygen atoms in total. The molecule has 0 saturated carbocycles. The predicted molar refractivity (Wildman–Crippen MR) is 98.1 cm³/mol. The average Bonchev–Trinajstić information content (AvgIpc) is 2.53. The van der Waals surface area contributed by atoms with E-state index in [2.05, 4.69) is 6.26 Å². The number of rotatable bonds is 6. The number of amides is 1. The molecule has 0 bridgehead atoms. The van der Waals surface area contributed by atoms with Gasteiger partial charge in [0.05, 0.1) is 5.60 Å². The number of benzene rings is 1. The summed E-state index contributed by atoms with van der Waals surface area (Å²) in [6.07, 6.45) is 5.87. The molecule has 0 spiro atoms. The second-order valence-corrected chi connectivity index (χ2v) is 8.11. The van der Waals surface area contributed by atoms with E-state index in [0.29, 0.717) is 6.42 Å². The van der Waals surface area contributed by atoms with Crippen molar-refractivity contribution < 1.29 is 9.90 Å². The molecule has 0 radical (unpaired) electrons. The normalized spacial score (nSPS) is 16.6. The molecule has 0 aliphatic carbocycles. The van der Waals surface area contributed by atoms with E-state index in [1.54, 1.807) is 0 Å². The lowest BCUT2D eigenvalue weighted by Crippen LogP contribution is -2.39. The maximum absolute atomic E-state index is 12.7. The molecule has 1 aliphatic heterocycles. The van der Waals surface area contributed by atoms with E-state index in [0.717, 1.165) is 49.4 Å². The SMILES string of the molecule is CSCC1CCN(C(=O)c2cccc(CCC(C)(C)O)c2)CC1. The Morgan fingerprint density at radius 2 is 2.04 bits per heavy atom. The first-order valence-corrected chi connectivity index (χ1v) is 9.88. The van der Waals surface area contributed by atoms with Gasteiger partial charge >= 0.3 is 0 Å². The van der Waals surface area contributed by atoms with Crippen LogP contribution in [0.5, 0.6) is 0 Å². The van der Waals surface area contributed by atoms with Crippen LogP contribution in [0.1, 0.15) is 49.0 Å². The van der Waals surface area contributed by atoms with Gasteiger partial charge in [0.25, 0.3) is 5.91 Å². The van der Waals surface area contributed by atoms with Gasteiger partial charge in [0.2, 0.25) is 0 Å². The molecule has 4 heteroatoms. The Hall–Kier alpha value is -1.00. The first-order chi connectivity index (χ1) is 10.9. The van der Waals surface area contributed by atoms with Crippen LogP contribution in [0, 0.1) is 5.92 Å². The van der Waals surface area contributed by atoms with E-state index < -0.39 is 5.60 Å². The highest BCUT2D eigenvalue weighted by atomic mass is 32.2. The summed E-state index contributed by atoms with van der Waals surface area (Å²) in [5, 5.41) is 9.85. The highest BCUT2D eigenvalue weighted by Gasteiger charge is 2.23. The van der Waals surface area contributed by atoms with Crippen molar-refractivity contribution in [2.24, 2.45) is 5.92 Å². The van der Waals surface area contributed by atoms with Crippen LogP contribution in [-0.2, 0) is 6.42 Å². The number of piperidine rings is 1. The molecule has 1 aliphatic rings. The summed E-state index contributed by atoms with van der Waals surface area (Å²) in [6.45, 7) is 5.39. The van der Waals surface area contributed by atoms with Crippen molar-refractivity contribution in [3.05, 3.63) is 35.4 Å². The Bertz CT molecular complexity index is 516. The minimum Gasteiger partial charge on any atom is -0.390 e. The number of hydrogen-bond donors (Lipinski definition) is 1. The zero-order valence-electron chi connectivity index (χ0n) is 14.5. The monoisotopic (exact) mass is 335 g/mol. The summed E-state index contributed by atoms with van der Waals surface area (Å²) < 4.78 is 0. The number of nitrogens with zero attached hydrogens (tertiary/aromatic N) is 1. The zero-order chi connectivity index (χ0) is 16.9. The summed E-state index contributed by atoms with van der Waals surface area (Å²) in [4.78, 5) is 14.7. The van der Waals surface area contributed by atoms with Crippen molar-refractivity contribution in [3.8, 4) is 0 Å². The minimum absolute atomic E-state index is 0.151. The fraction of sp³-hybridized carbons (Fsp3) is 0.632. The highest BCUT2D eigenvalue weighted by Crippen LogP contribution is 2.22. The van der Waals surface area contributed by atoms with Gasteiger partial charge in [0, 0.05) is 18.7 Å².